The predicted molar refractivity (Wildman–Crippen MR) is 145 cm³/mol. The monoisotopic (exact) mass is 560 g/mol. The number of carbonyl (C=O) groups excluding carboxylic acids is 2. The quantitative estimate of drug-likeness (QED) is 0.186. The second-order valence-corrected chi connectivity index (χ2v) is 12.7. The highest BCUT2D eigenvalue weighted by molar-refractivity contribution is 7.87. The maximum Gasteiger partial charge on any atom is 0.280 e. The number of nitrogens with one attached hydrogen (secondary N) is 3. The van der Waals surface area contributed by atoms with Crippen molar-refractivity contribution in [3.8, 4) is 0 Å². The molecule has 2 amide bonds. The topological polar surface area (TPSA) is 157 Å². The number of hydrogen-bond acceptors (Lipinski definition) is 7. The average Bonchev–Trinajstić information content (AvgIpc) is 2.88. The predicted octanol–water partition coefficient (Wildman–Crippen LogP) is 0.826. The van der Waals surface area contributed by atoms with Crippen molar-refractivity contribution in [3.63, 3.8) is 0 Å². The standard InChI is InChI=1S/C26H48N4O7S/c1-5-9-21(27-25(33)19(4)29-38(35,36)30-12-14-37-15-13-30)26(34)28-22(17-20-10-7-6-8-11-20)24(32)23(31)16-18(2)3/h5,18-24,29,31-32H,1,6-17H2,2-4H3,(H,27,33)(H,28,34)/t19-,21?,22+,23+,24-/m1/s1. The van der Waals surface area contributed by atoms with Crippen molar-refractivity contribution in [2.45, 2.75) is 102 Å². The number of carbonyl (C=O) groups is 2. The largest absolute Gasteiger partial charge is 0.390 e. The van der Waals surface area contributed by atoms with E-state index in [-0.39, 0.29) is 38.6 Å². The van der Waals surface area contributed by atoms with Crippen LogP contribution in [0.2, 0.25) is 0 Å². The number of hydrogen-bond donors (Lipinski definition) is 5. The van der Waals surface area contributed by atoms with E-state index in [1.165, 1.54) is 23.7 Å². The van der Waals surface area contributed by atoms with Gasteiger partial charge in [0.1, 0.15) is 12.1 Å². The molecule has 1 saturated carbocycles. The smallest absolute Gasteiger partial charge is 0.280 e. The minimum Gasteiger partial charge on any atom is -0.390 e. The molecule has 12 heteroatoms. The number of aliphatic hydroxyl groups is 2. The second-order valence-electron chi connectivity index (χ2n) is 11.0. The molecule has 0 aromatic carbocycles. The van der Waals surface area contributed by atoms with Gasteiger partial charge in [-0.3, -0.25) is 9.59 Å². The van der Waals surface area contributed by atoms with Gasteiger partial charge in [0.15, 0.2) is 0 Å². The zero-order valence-corrected chi connectivity index (χ0v) is 23.9. The molecule has 0 radical (unpaired) electrons. The highest BCUT2D eigenvalue weighted by Gasteiger charge is 2.34. The second kappa shape index (κ2) is 15.9. The Labute approximate surface area is 227 Å². The van der Waals surface area contributed by atoms with Crippen LogP contribution in [0.25, 0.3) is 0 Å². The van der Waals surface area contributed by atoms with Crippen molar-refractivity contribution >= 4 is 22.0 Å². The molecule has 2 fully saturated rings. The molecule has 1 aliphatic heterocycles. The summed E-state index contributed by atoms with van der Waals surface area (Å²) in [5.74, 6) is -0.677. The van der Waals surface area contributed by atoms with E-state index in [0.717, 1.165) is 25.7 Å². The lowest BCUT2D eigenvalue weighted by Crippen LogP contribution is -2.58. The molecule has 11 nitrogen and oxygen atoms in total. The summed E-state index contributed by atoms with van der Waals surface area (Å²) < 4.78 is 34.0. The lowest BCUT2D eigenvalue weighted by Gasteiger charge is -2.33. The number of ether oxygens (including phenoxy) is 1. The Morgan fingerprint density at radius 3 is 2.26 bits per heavy atom. The Bertz CT molecular complexity index is 858. The highest BCUT2D eigenvalue weighted by atomic mass is 32.2. The number of amides is 2. The van der Waals surface area contributed by atoms with Crippen molar-refractivity contribution < 1.29 is 33.0 Å². The van der Waals surface area contributed by atoms with Crippen LogP contribution in [0.1, 0.15) is 72.1 Å². The lowest BCUT2D eigenvalue weighted by molar-refractivity contribution is -0.131. The Morgan fingerprint density at radius 1 is 1.05 bits per heavy atom. The number of morpholine rings is 1. The van der Waals surface area contributed by atoms with Crippen LogP contribution in [0.15, 0.2) is 12.7 Å². The van der Waals surface area contributed by atoms with Crippen LogP contribution in [-0.4, -0.2) is 91.4 Å². The molecule has 220 valence electrons. The molecule has 5 N–H and O–H groups in total. The zero-order valence-electron chi connectivity index (χ0n) is 23.1. The Morgan fingerprint density at radius 2 is 1.68 bits per heavy atom. The van der Waals surface area contributed by atoms with Crippen LogP contribution in [0.5, 0.6) is 0 Å². The van der Waals surface area contributed by atoms with Crippen LogP contribution in [-0.2, 0) is 24.5 Å². The van der Waals surface area contributed by atoms with Gasteiger partial charge in [0, 0.05) is 13.1 Å². The van der Waals surface area contributed by atoms with Gasteiger partial charge in [-0.25, -0.2) is 0 Å². The zero-order chi connectivity index (χ0) is 28.3. The Hall–Kier alpha value is -1.57. The van der Waals surface area contributed by atoms with Crippen molar-refractivity contribution in [2.24, 2.45) is 11.8 Å². The van der Waals surface area contributed by atoms with Gasteiger partial charge < -0.3 is 25.6 Å². The van der Waals surface area contributed by atoms with Crippen LogP contribution in [0.4, 0.5) is 0 Å². The molecular formula is C26H48N4O7S. The van der Waals surface area contributed by atoms with Crippen molar-refractivity contribution in [1.29, 1.82) is 0 Å². The third-order valence-corrected chi connectivity index (χ3v) is 8.92. The van der Waals surface area contributed by atoms with Gasteiger partial charge >= 0.3 is 0 Å². The first-order chi connectivity index (χ1) is 17.9. The number of aliphatic hydroxyl groups excluding tert-OH is 2. The summed E-state index contributed by atoms with van der Waals surface area (Å²) in [6, 6.07) is -2.82. The summed E-state index contributed by atoms with van der Waals surface area (Å²) in [5.41, 5.74) is 0. The molecule has 0 aromatic heterocycles. The van der Waals surface area contributed by atoms with Crippen molar-refractivity contribution in [3.05, 3.63) is 12.7 Å². The fraction of sp³-hybridized carbons (Fsp3) is 0.846. The minimum atomic E-state index is -3.90. The van der Waals surface area contributed by atoms with Crippen LogP contribution in [0.3, 0.4) is 0 Å². The van der Waals surface area contributed by atoms with Crippen LogP contribution >= 0.6 is 0 Å². The van der Waals surface area contributed by atoms with E-state index in [2.05, 4.69) is 21.9 Å². The van der Waals surface area contributed by atoms with E-state index in [0.29, 0.717) is 18.8 Å². The summed E-state index contributed by atoms with van der Waals surface area (Å²) in [6.07, 6.45) is 5.78. The first kappa shape index (κ1) is 32.6. The molecule has 1 aliphatic carbocycles. The summed E-state index contributed by atoms with van der Waals surface area (Å²) in [5, 5.41) is 27.1. The third-order valence-electron chi connectivity index (χ3n) is 7.22. The van der Waals surface area contributed by atoms with Gasteiger partial charge in [0.25, 0.3) is 10.2 Å². The fourth-order valence-corrected chi connectivity index (χ4v) is 6.41. The molecule has 2 aliphatic rings. The SMILES string of the molecule is C=CCC(NC(=O)[C@@H](C)NS(=O)(=O)N1CCOCC1)C(=O)N[C@@H](CC1CCCCC1)[C@@H](O)[C@@H](O)CC(C)C. The van der Waals surface area contributed by atoms with E-state index in [4.69, 9.17) is 4.74 Å². The maximum absolute atomic E-state index is 13.3. The third kappa shape index (κ3) is 10.5. The lowest BCUT2D eigenvalue weighted by atomic mass is 9.82. The van der Waals surface area contributed by atoms with Gasteiger partial charge in [-0.2, -0.15) is 17.4 Å². The molecule has 5 atom stereocenters. The van der Waals surface area contributed by atoms with Gasteiger partial charge in [0.05, 0.1) is 31.4 Å². The summed E-state index contributed by atoms with van der Waals surface area (Å²) in [4.78, 5) is 26.2. The Kier molecular flexibility index (Phi) is 13.6. The average molecular weight is 561 g/mol. The van der Waals surface area contributed by atoms with E-state index >= 15 is 0 Å². The van der Waals surface area contributed by atoms with Gasteiger partial charge in [-0.05, 0) is 38.0 Å². The minimum absolute atomic E-state index is 0.112. The first-order valence-corrected chi connectivity index (χ1v) is 15.3. The maximum atomic E-state index is 13.3. The number of rotatable bonds is 15. The Balaban J connectivity index is 2.07. The van der Waals surface area contributed by atoms with Gasteiger partial charge in [-0.15, -0.1) is 6.58 Å². The molecule has 1 saturated heterocycles. The van der Waals surface area contributed by atoms with Crippen LogP contribution in [0, 0.1) is 11.8 Å². The molecule has 38 heavy (non-hydrogen) atoms. The molecule has 0 bridgehead atoms. The normalized spacial score (nSPS) is 21.7. The molecule has 1 heterocycles. The summed E-state index contributed by atoms with van der Waals surface area (Å²) in [6.45, 7) is 9.94. The van der Waals surface area contributed by atoms with Gasteiger partial charge in [-0.1, -0.05) is 52.0 Å². The van der Waals surface area contributed by atoms with E-state index in [1.54, 1.807) is 0 Å². The molecular weight excluding hydrogens is 512 g/mol. The molecule has 0 spiro atoms. The fourth-order valence-electron chi connectivity index (χ4n) is 5.07. The molecule has 0 aromatic rings. The highest BCUT2D eigenvalue weighted by Crippen LogP contribution is 2.29. The molecule has 2 rings (SSSR count). The number of nitrogens with zero attached hydrogens (tertiary/aromatic N) is 1. The van der Waals surface area contributed by atoms with E-state index < -0.39 is 52.4 Å². The summed E-state index contributed by atoms with van der Waals surface area (Å²) in [7, 11) is -3.90. The van der Waals surface area contributed by atoms with E-state index in [1.807, 2.05) is 13.8 Å². The first-order valence-electron chi connectivity index (χ1n) is 13.9. The summed E-state index contributed by atoms with van der Waals surface area (Å²) >= 11 is 0. The van der Waals surface area contributed by atoms with Crippen molar-refractivity contribution in [2.75, 3.05) is 26.3 Å². The molecule has 1 unspecified atom stereocenters. The van der Waals surface area contributed by atoms with Gasteiger partial charge in [0.2, 0.25) is 11.8 Å². The van der Waals surface area contributed by atoms with E-state index in [9.17, 15) is 28.2 Å². The van der Waals surface area contributed by atoms with Crippen LogP contribution < -0.4 is 15.4 Å². The van der Waals surface area contributed by atoms with Crippen molar-refractivity contribution in [1.82, 2.24) is 19.7 Å².